The van der Waals surface area contributed by atoms with Crippen LogP contribution in [0.5, 0.6) is 0 Å². The quantitative estimate of drug-likeness (QED) is 0.401. The highest BCUT2D eigenvalue weighted by Crippen LogP contribution is 2.41. The van der Waals surface area contributed by atoms with Crippen molar-refractivity contribution in [1.29, 1.82) is 0 Å². The van der Waals surface area contributed by atoms with Crippen molar-refractivity contribution >= 4 is 34.6 Å². The van der Waals surface area contributed by atoms with E-state index in [2.05, 4.69) is 10.1 Å². The maximum absolute atomic E-state index is 13.6. The number of amides is 2. The summed E-state index contributed by atoms with van der Waals surface area (Å²) in [5, 5.41) is 17.4. The number of H-pyrrole nitrogens is 1. The minimum atomic E-state index is -1.19. The molecule has 3 aromatic rings. The number of para-hydroxylation sites is 1. The molecule has 2 amide bonds. The first-order valence-electron chi connectivity index (χ1n) is 9.90. The summed E-state index contributed by atoms with van der Waals surface area (Å²) < 4.78 is 0. The molecule has 1 saturated heterocycles. The highest BCUT2D eigenvalue weighted by atomic mass is 16.6. The molecule has 0 spiro atoms. The van der Waals surface area contributed by atoms with Gasteiger partial charge in [0.15, 0.2) is 5.54 Å². The Morgan fingerprint density at radius 1 is 1.19 bits per heavy atom. The lowest BCUT2D eigenvalue weighted by Gasteiger charge is -2.48. The number of non-ortho nitro benzene ring substituents is 1. The van der Waals surface area contributed by atoms with E-state index in [1.54, 1.807) is 24.0 Å². The molecule has 5 rings (SSSR count). The summed E-state index contributed by atoms with van der Waals surface area (Å²) in [6.07, 6.45) is 2.04. The first kappa shape index (κ1) is 19.0. The molecule has 31 heavy (non-hydrogen) atoms. The molecule has 2 aromatic carbocycles. The number of fused-ring (bicyclic) bond motifs is 5. The molecular weight excluding hydrogens is 398 g/mol. The molecule has 0 aliphatic carbocycles. The van der Waals surface area contributed by atoms with Gasteiger partial charge in [-0.1, -0.05) is 30.3 Å². The van der Waals surface area contributed by atoms with Gasteiger partial charge in [0, 0.05) is 35.1 Å². The van der Waals surface area contributed by atoms with Crippen LogP contribution in [-0.4, -0.2) is 50.9 Å². The van der Waals surface area contributed by atoms with Crippen LogP contribution in [0.15, 0.2) is 53.6 Å². The van der Waals surface area contributed by atoms with Crippen LogP contribution in [0.4, 0.5) is 5.69 Å². The number of nitrogens with zero attached hydrogens (tertiary/aromatic N) is 4. The Balaban J connectivity index is 1.54. The van der Waals surface area contributed by atoms with Crippen molar-refractivity contribution < 1.29 is 14.5 Å². The second-order valence-electron chi connectivity index (χ2n) is 7.85. The van der Waals surface area contributed by atoms with E-state index in [1.807, 2.05) is 24.3 Å². The lowest BCUT2D eigenvalue weighted by atomic mass is 9.83. The van der Waals surface area contributed by atoms with E-state index in [0.717, 1.165) is 21.5 Å². The van der Waals surface area contributed by atoms with E-state index in [9.17, 15) is 19.7 Å². The Hall–Kier alpha value is -4.01. The fourth-order valence-corrected chi connectivity index (χ4v) is 4.54. The molecule has 2 aliphatic rings. The summed E-state index contributed by atoms with van der Waals surface area (Å²) in [7, 11) is 0. The van der Waals surface area contributed by atoms with E-state index in [1.165, 1.54) is 18.3 Å². The smallest absolute Gasteiger partial charge is 0.275 e. The van der Waals surface area contributed by atoms with Crippen LogP contribution in [0, 0.1) is 10.1 Å². The number of aromatic nitrogens is 1. The van der Waals surface area contributed by atoms with Gasteiger partial charge in [-0.25, -0.2) is 5.01 Å². The summed E-state index contributed by atoms with van der Waals surface area (Å²) in [5.74, 6) is -0.510. The topological polar surface area (TPSA) is 112 Å². The van der Waals surface area contributed by atoms with Crippen molar-refractivity contribution in [2.45, 2.75) is 18.9 Å². The lowest BCUT2D eigenvalue weighted by Crippen LogP contribution is -2.65. The van der Waals surface area contributed by atoms with Crippen LogP contribution in [-0.2, 0) is 21.5 Å². The fraction of sp³-hybridized carbons (Fsp3) is 0.227. The van der Waals surface area contributed by atoms with Gasteiger partial charge in [-0.3, -0.25) is 19.7 Å². The molecule has 1 fully saturated rings. The van der Waals surface area contributed by atoms with Crippen molar-refractivity contribution in [2.24, 2.45) is 5.10 Å². The number of hydrogen-bond acceptors (Lipinski definition) is 5. The van der Waals surface area contributed by atoms with E-state index in [-0.39, 0.29) is 24.0 Å². The number of nitro benzene ring substituents is 1. The van der Waals surface area contributed by atoms with Gasteiger partial charge in [-0.15, -0.1) is 0 Å². The Morgan fingerprint density at radius 2 is 2.00 bits per heavy atom. The third-order valence-corrected chi connectivity index (χ3v) is 6.09. The Kier molecular flexibility index (Phi) is 4.14. The molecule has 0 bridgehead atoms. The number of benzene rings is 2. The molecule has 156 valence electrons. The Morgan fingerprint density at radius 3 is 2.81 bits per heavy atom. The zero-order valence-corrected chi connectivity index (χ0v) is 16.7. The highest BCUT2D eigenvalue weighted by Gasteiger charge is 2.54. The van der Waals surface area contributed by atoms with Crippen molar-refractivity contribution in [1.82, 2.24) is 14.9 Å². The van der Waals surface area contributed by atoms with Gasteiger partial charge in [-0.2, -0.15) is 5.10 Å². The van der Waals surface area contributed by atoms with Crippen molar-refractivity contribution in [3.63, 3.8) is 0 Å². The van der Waals surface area contributed by atoms with Crippen LogP contribution in [0.2, 0.25) is 0 Å². The third kappa shape index (κ3) is 2.81. The van der Waals surface area contributed by atoms with Gasteiger partial charge in [0.2, 0.25) is 5.91 Å². The van der Waals surface area contributed by atoms with Crippen molar-refractivity contribution in [2.75, 3.05) is 13.1 Å². The highest BCUT2D eigenvalue weighted by molar-refractivity contribution is 6.01. The second-order valence-corrected chi connectivity index (χ2v) is 7.85. The van der Waals surface area contributed by atoms with Crippen LogP contribution in [0.25, 0.3) is 10.9 Å². The number of nitrogens with one attached hydrogen (secondary N) is 1. The van der Waals surface area contributed by atoms with Crippen molar-refractivity contribution in [3.05, 3.63) is 75.5 Å². The summed E-state index contributed by atoms with van der Waals surface area (Å²) in [4.78, 5) is 41.9. The van der Waals surface area contributed by atoms with E-state index in [0.29, 0.717) is 24.2 Å². The minimum Gasteiger partial charge on any atom is -0.356 e. The van der Waals surface area contributed by atoms with Crippen LogP contribution < -0.4 is 0 Å². The molecule has 2 aliphatic heterocycles. The van der Waals surface area contributed by atoms with Gasteiger partial charge >= 0.3 is 0 Å². The first-order valence-corrected chi connectivity index (χ1v) is 9.90. The zero-order valence-electron chi connectivity index (χ0n) is 16.7. The van der Waals surface area contributed by atoms with Gasteiger partial charge in [0.25, 0.3) is 11.6 Å². The van der Waals surface area contributed by atoms with E-state index < -0.39 is 10.5 Å². The summed E-state index contributed by atoms with van der Waals surface area (Å²) in [5.41, 5.74) is 1.89. The number of hydrazone groups is 1. The number of rotatable bonds is 3. The Labute approximate surface area is 177 Å². The largest absolute Gasteiger partial charge is 0.356 e. The number of nitro groups is 1. The molecule has 0 radical (unpaired) electrons. The van der Waals surface area contributed by atoms with Gasteiger partial charge in [0.1, 0.15) is 6.54 Å². The van der Waals surface area contributed by atoms with Crippen molar-refractivity contribution in [3.8, 4) is 0 Å². The summed E-state index contributed by atoms with van der Waals surface area (Å²) >= 11 is 0. The predicted molar refractivity (Wildman–Crippen MR) is 113 cm³/mol. The molecule has 0 unspecified atom stereocenters. The molecular formula is C22H19N5O4. The molecule has 9 nitrogen and oxygen atoms in total. The molecule has 0 saturated carbocycles. The number of carbonyl (C=O) groups is 2. The average Bonchev–Trinajstić information content (AvgIpc) is 3.16. The zero-order chi connectivity index (χ0) is 21.8. The van der Waals surface area contributed by atoms with Crippen LogP contribution >= 0.6 is 0 Å². The SMILES string of the molecule is C[C@]12C(=O)N(/N=C\c3cccc([N+](=O)[O-])c3)CC(=O)N1CCc1c2[nH]c2ccccc12. The molecule has 1 aromatic heterocycles. The number of piperazine rings is 1. The minimum absolute atomic E-state index is 0.0712. The number of aromatic amines is 1. The average molecular weight is 417 g/mol. The van der Waals surface area contributed by atoms with E-state index >= 15 is 0 Å². The number of hydrogen-bond donors (Lipinski definition) is 1. The third-order valence-electron chi connectivity index (χ3n) is 6.09. The van der Waals surface area contributed by atoms with E-state index in [4.69, 9.17) is 0 Å². The predicted octanol–water partition coefficient (Wildman–Crippen LogP) is 2.55. The maximum atomic E-state index is 13.6. The van der Waals surface area contributed by atoms with Gasteiger partial charge < -0.3 is 9.88 Å². The fourth-order valence-electron chi connectivity index (χ4n) is 4.54. The molecule has 3 heterocycles. The van der Waals surface area contributed by atoms with Crippen LogP contribution in [0.3, 0.4) is 0 Å². The maximum Gasteiger partial charge on any atom is 0.275 e. The monoisotopic (exact) mass is 417 g/mol. The summed E-state index contributed by atoms with van der Waals surface area (Å²) in [6.45, 7) is 2.03. The Bertz CT molecular complexity index is 1280. The lowest BCUT2D eigenvalue weighted by molar-refractivity contribution is -0.384. The number of carbonyl (C=O) groups excluding carboxylic acids is 2. The van der Waals surface area contributed by atoms with Gasteiger partial charge in [-0.05, 0) is 25.0 Å². The van der Waals surface area contributed by atoms with Gasteiger partial charge in [0.05, 0.1) is 16.8 Å². The molecule has 1 N–H and O–H groups in total. The normalized spacial score (nSPS) is 20.9. The standard InChI is InChI=1S/C22H19N5O4/c1-22-20-17(16-7-2-3-8-18(16)24-20)9-10-25(22)19(28)13-26(21(22)29)23-12-14-5-4-6-15(11-14)27(30)31/h2-8,11-12,24H,9-10,13H2,1H3/b23-12-/t22-/m0/s1. The second kappa shape index (κ2) is 6.76. The molecule has 1 atom stereocenters. The first-order chi connectivity index (χ1) is 14.9. The van der Waals surface area contributed by atoms with Crippen LogP contribution in [0.1, 0.15) is 23.7 Å². The molecule has 9 heteroatoms. The summed E-state index contributed by atoms with van der Waals surface area (Å²) in [6, 6.07) is 13.8.